The van der Waals surface area contributed by atoms with E-state index in [9.17, 15) is 0 Å². The van der Waals surface area contributed by atoms with Crippen LogP contribution in [0.2, 0.25) is 0 Å². The second-order valence-electron chi connectivity index (χ2n) is 5.96. The SMILES string of the molecule is COCC(C)NC1CC(C)CCC1C(C)C. The molecule has 0 aromatic rings. The Morgan fingerprint density at radius 3 is 2.50 bits per heavy atom. The molecule has 4 atom stereocenters. The van der Waals surface area contributed by atoms with Crippen LogP contribution in [0, 0.1) is 17.8 Å². The molecule has 0 aromatic carbocycles. The van der Waals surface area contributed by atoms with Crippen molar-refractivity contribution in [3.8, 4) is 0 Å². The van der Waals surface area contributed by atoms with E-state index in [-0.39, 0.29) is 0 Å². The summed E-state index contributed by atoms with van der Waals surface area (Å²) in [6.45, 7) is 10.1. The predicted octanol–water partition coefficient (Wildman–Crippen LogP) is 3.07. The normalized spacial score (nSPS) is 33.0. The molecule has 4 unspecified atom stereocenters. The summed E-state index contributed by atoms with van der Waals surface area (Å²) in [7, 11) is 1.78. The Balaban J connectivity index is 2.50. The fraction of sp³-hybridized carbons (Fsp3) is 1.00. The first-order valence-electron chi connectivity index (χ1n) is 6.79. The summed E-state index contributed by atoms with van der Waals surface area (Å²) >= 11 is 0. The molecule has 1 fully saturated rings. The third kappa shape index (κ3) is 4.06. The number of rotatable bonds is 5. The number of ether oxygens (including phenoxy) is 1. The Bertz CT molecular complexity index is 193. The molecule has 0 amide bonds. The van der Waals surface area contributed by atoms with E-state index in [4.69, 9.17) is 4.74 Å². The largest absolute Gasteiger partial charge is 0.383 e. The van der Waals surface area contributed by atoms with E-state index in [1.165, 1.54) is 19.3 Å². The molecule has 16 heavy (non-hydrogen) atoms. The monoisotopic (exact) mass is 227 g/mol. The van der Waals surface area contributed by atoms with Crippen LogP contribution in [0.15, 0.2) is 0 Å². The lowest BCUT2D eigenvalue weighted by atomic mass is 9.74. The van der Waals surface area contributed by atoms with Crippen molar-refractivity contribution < 1.29 is 4.74 Å². The van der Waals surface area contributed by atoms with Gasteiger partial charge >= 0.3 is 0 Å². The van der Waals surface area contributed by atoms with Crippen molar-refractivity contribution >= 4 is 0 Å². The summed E-state index contributed by atoms with van der Waals surface area (Å²) in [6, 6.07) is 1.16. The third-order valence-electron chi connectivity index (χ3n) is 3.94. The maximum Gasteiger partial charge on any atom is 0.0613 e. The van der Waals surface area contributed by atoms with Gasteiger partial charge in [-0.25, -0.2) is 0 Å². The summed E-state index contributed by atoms with van der Waals surface area (Å²) in [5.41, 5.74) is 0. The molecule has 1 N–H and O–H groups in total. The van der Waals surface area contributed by atoms with Gasteiger partial charge in [0.25, 0.3) is 0 Å². The third-order valence-corrected chi connectivity index (χ3v) is 3.94. The first-order valence-corrected chi connectivity index (χ1v) is 6.79. The first-order chi connectivity index (χ1) is 7.54. The average Bonchev–Trinajstić information content (AvgIpc) is 2.17. The van der Waals surface area contributed by atoms with E-state index in [0.29, 0.717) is 12.1 Å². The Morgan fingerprint density at radius 2 is 1.94 bits per heavy atom. The Hall–Kier alpha value is -0.0800. The van der Waals surface area contributed by atoms with Crippen LogP contribution in [0.1, 0.15) is 47.0 Å². The van der Waals surface area contributed by atoms with Crippen molar-refractivity contribution in [1.82, 2.24) is 5.32 Å². The van der Waals surface area contributed by atoms with Crippen LogP contribution in [-0.2, 0) is 4.74 Å². The minimum Gasteiger partial charge on any atom is -0.383 e. The van der Waals surface area contributed by atoms with Crippen molar-refractivity contribution in [2.75, 3.05) is 13.7 Å². The van der Waals surface area contributed by atoms with Crippen LogP contribution < -0.4 is 5.32 Å². The molecular weight excluding hydrogens is 198 g/mol. The number of hydrogen-bond donors (Lipinski definition) is 1. The molecule has 0 saturated heterocycles. The van der Waals surface area contributed by atoms with Gasteiger partial charge in [0.05, 0.1) is 6.61 Å². The Kier molecular flexibility index (Phi) is 5.77. The molecule has 96 valence electrons. The van der Waals surface area contributed by atoms with E-state index in [2.05, 4.69) is 33.0 Å². The topological polar surface area (TPSA) is 21.3 Å². The van der Waals surface area contributed by atoms with Gasteiger partial charge < -0.3 is 10.1 Å². The Labute approximate surface area is 101 Å². The van der Waals surface area contributed by atoms with Crippen LogP contribution in [0.4, 0.5) is 0 Å². The van der Waals surface area contributed by atoms with Crippen LogP contribution in [0.5, 0.6) is 0 Å². The molecule has 0 radical (unpaired) electrons. The molecule has 1 aliphatic carbocycles. The minimum absolute atomic E-state index is 0.474. The highest BCUT2D eigenvalue weighted by molar-refractivity contribution is 4.86. The zero-order valence-corrected chi connectivity index (χ0v) is 11.6. The lowest BCUT2D eigenvalue weighted by Gasteiger charge is -2.39. The number of methoxy groups -OCH3 is 1. The van der Waals surface area contributed by atoms with Gasteiger partial charge in [0.2, 0.25) is 0 Å². The number of hydrogen-bond acceptors (Lipinski definition) is 2. The predicted molar refractivity (Wildman–Crippen MR) is 69.6 cm³/mol. The van der Waals surface area contributed by atoms with Gasteiger partial charge in [-0.1, -0.05) is 27.2 Å². The van der Waals surface area contributed by atoms with Gasteiger partial charge in [-0.2, -0.15) is 0 Å². The average molecular weight is 227 g/mol. The van der Waals surface area contributed by atoms with Gasteiger partial charge in [0.1, 0.15) is 0 Å². The van der Waals surface area contributed by atoms with Crippen molar-refractivity contribution in [1.29, 1.82) is 0 Å². The molecule has 2 nitrogen and oxygen atoms in total. The van der Waals surface area contributed by atoms with E-state index >= 15 is 0 Å². The zero-order valence-electron chi connectivity index (χ0n) is 11.6. The highest BCUT2D eigenvalue weighted by Crippen LogP contribution is 2.33. The van der Waals surface area contributed by atoms with E-state index in [1.54, 1.807) is 7.11 Å². The van der Waals surface area contributed by atoms with Gasteiger partial charge in [0, 0.05) is 19.2 Å². The van der Waals surface area contributed by atoms with Gasteiger partial charge in [-0.15, -0.1) is 0 Å². The molecular formula is C14H29NO. The Morgan fingerprint density at radius 1 is 1.25 bits per heavy atom. The van der Waals surface area contributed by atoms with Crippen LogP contribution in [0.25, 0.3) is 0 Å². The molecule has 0 spiro atoms. The standard InChI is InChI=1S/C14H29NO/c1-10(2)13-7-6-11(3)8-14(13)15-12(4)9-16-5/h10-15H,6-9H2,1-5H3. The summed E-state index contributed by atoms with van der Waals surface area (Å²) < 4.78 is 5.21. The van der Waals surface area contributed by atoms with E-state index < -0.39 is 0 Å². The van der Waals surface area contributed by atoms with Crippen molar-refractivity contribution in [2.24, 2.45) is 17.8 Å². The van der Waals surface area contributed by atoms with Crippen molar-refractivity contribution in [3.05, 3.63) is 0 Å². The summed E-state index contributed by atoms with van der Waals surface area (Å²) in [5.74, 6) is 2.51. The first kappa shape index (κ1) is 14.0. The fourth-order valence-corrected chi connectivity index (χ4v) is 3.06. The second-order valence-corrected chi connectivity index (χ2v) is 5.96. The summed E-state index contributed by atoms with van der Waals surface area (Å²) in [5, 5.41) is 3.76. The lowest BCUT2D eigenvalue weighted by Crippen LogP contribution is -2.47. The molecule has 1 rings (SSSR count). The van der Waals surface area contributed by atoms with Crippen molar-refractivity contribution in [2.45, 2.75) is 59.0 Å². The van der Waals surface area contributed by atoms with Gasteiger partial charge in [0.15, 0.2) is 0 Å². The fourth-order valence-electron chi connectivity index (χ4n) is 3.06. The highest BCUT2D eigenvalue weighted by Gasteiger charge is 2.31. The molecule has 2 heteroatoms. The molecule has 0 bridgehead atoms. The molecule has 1 aliphatic rings. The summed E-state index contributed by atoms with van der Waals surface area (Å²) in [4.78, 5) is 0. The van der Waals surface area contributed by atoms with Crippen LogP contribution in [0.3, 0.4) is 0 Å². The van der Waals surface area contributed by atoms with E-state index in [0.717, 1.165) is 24.4 Å². The van der Waals surface area contributed by atoms with E-state index in [1.807, 2.05) is 0 Å². The molecule has 1 saturated carbocycles. The quantitative estimate of drug-likeness (QED) is 0.779. The zero-order chi connectivity index (χ0) is 12.1. The maximum atomic E-state index is 5.21. The number of nitrogens with one attached hydrogen (secondary N) is 1. The minimum atomic E-state index is 0.474. The summed E-state index contributed by atoms with van der Waals surface area (Å²) in [6.07, 6.45) is 4.12. The van der Waals surface area contributed by atoms with Crippen molar-refractivity contribution in [3.63, 3.8) is 0 Å². The maximum absolute atomic E-state index is 5.21. The highest BCUT2D eigenvalue weighted by atomic mass is 16.5. The van der Waals surface area contributed by atoms with Crippen LogP contribution in [-0.4, -0.2) is 25.8 Å². The molecule has 0 heterocycles. The molecule has 0 aromatic heterocycles. The lowest BCUT2D eigenvalue weighted by molar-refractivity contribution is 0.125. The second kappa shape index (κ2) is 6.61. The molecule has 0 aliphatic heterocycles. The smallest absolute Gasteiger partial charge is 0.0613 e. The van der Waals surface area contributed by atoms with Crippen LogP contribution >= 0.6 is 0 Å². The van der Waals surface area contributed by atoms with Gasteiger partial charge in [-0.3, -0.25) is 0 Å². The van der Waals surface area contributed by atoms with Gasteiger partial charge in [-0.05, 0) is 37.5 Å².